The average molecular weight is 396 g/mol. The Hall–Kier alpha value is -1.90. The minimum Gasteiger partial charge on any atom is -0.462 e. The fourth-order valence-electron chi connectivity index (χ4n) is 7.28. The third-order valence-corrected chi connectivity index (χ3v) is 8.71. The van der Waals surface area contributed by atoms with Crippen LogP contribution in [0.2, 0.25) is 0 Å². The van der Waals surface area contributed by atoms with E-state index in [4.69, 9.17) is 10.2 Å². The second-order valence-corrected chi connectivity index (χ2v) is 10.0. The minimum atomic E-state index is -0.292. The molecule has 0 radical (unpaired) electrons. The maximum absolute atomic E-state index is 11.5. The van der Waals surface area contributed by atoms with Gasteiger partial charge in [0, 0.05) is 25.7 Å². The van der Waals surface area contributed by atoms with Crippen LogP contribution in [0.4, 0.5) is 0 Å². The van der Waals surface area contributed by atoms with Crippen LogP contribution in [0.15, 0.2) is 42.2 Å². The summed E-state index contributed by atoms with van der Waals surface area (Å²) >= 11 is 0. The molecule has 0 bridgehead atoms. The first-order valence-corrected chi connectivity index (χ1v) is 11.1. The van der Waals surface area contributed by atoms with Gasteiger partial charge in [-0.2, -0.15) is 0 Å². The van der Waals surface area contributed by atoms with E-state index in [-0.39, 0.29) is 47.3 Å². The number of carbonyl (C=O) groups excluding carboxylic acids is 1. The van der Waals surface area contributed by atoms with Crippen LogP contribution in [-0.2, 0) is 9.53 Å². The summed E-state index contributed by atoms with van der Waals surface area (Å²) in [6.07, 6.45) is 11.2. The second kappa shape index (κ2) is 6.82. The van der Waals surface area contributed by atoms with Crippen LogP contribution in [-0.4, -0.2) is 17.1 Å². The molecule has 1 aromatic heterocycles. The highest BCUT2D eigenvalue weighted by Gasteiger charge is 2.56. The molecule has 2 fully saturated rings. The first-order valence-electron chi connectivity index (χ1n) is 13.1. The number of ether oxygens (including phenoxy) is 1. The van der Waals surface area contributed by atoms with Crippen molar-refractivity contribution in [2.24, 2.45) is 28.6 Å². The molecule has 0 aliphatic heterocycles. The lowest BCUT2D eigenvalue weighted by Gasteiger charge is -2.57. The molecular weight excluding hydrogens is 358 g/mol. The third-order valence-electron chi connectivity index (χ3n) is 8.71. The lowest BCUT2D eigenvalue weighted by molar-refractivity contribution is -0.148. The summed E-state index contributed by atoms with van der Waals surface area (Å²) in [5.41, 5.74) is 2.93. The number of hydrogen-bond donors (Lipinski definition) is 0. The van der Waals surface area contributed by atoms with Crippen molar-refractivity contribution in [1.29, 1.82) is 0 Å². The number of allylic oxidation sites excluding steroid dienone is 3. The molecular formula is C26H33NO2. The van der Waals surface area contributed by atoms with E-state index in [1.807, 2.05) is 0 Å². The normalized spacial score (nSPS) is 42.7. The van der Waals surface area contributed by atoms with E-state index in [2.05, 4.69) is 31.0 Å². The van der Waals surface area contributed by atoms with Gasteiger partial charge in [-0.25, -0.2) is 0 Å². The molecule has 6 atom stereocenters. The molecule has 0 aromatic carbocycles. The van der Waals surface area contributed by atoms with Gasteiger partial charge in [-0.05, 0) is 84.3 Å². The number of aromatic nitrogens is 1. The molecule has 29 heavy (non-hydrogen) atoms. The highest BCUT2D eigenvalue weighted by Crippen LogP contribution is 2.66. The summed E-state index contributed by atoms with van der Waals surface area (Å²) in [4.78, 5) is 15.4. The van der Waals surface area contributed by atoms with E-state index in [0.29, 0.717) is 23.3 Å². The molecule has 0 amide bonds. The van der Waals surface area contributed by atoms with E-state index in [1.54, 1.807) is 0 Å². The van der Waals surface area contributed by atoms with Crippen molar-refractivity contribution in [2.75, 3.05) is 0 Å². The van der Waals surface area contributed by atoms with Crippen LogP contribution < -0.4 is 0 Å². The van der Waals surface area contributed by atoms with Crippen LogP contribution >= 0.6 is 0 Å². The smallest absolute Gasteiger partial charge is 0.302 e. The topological polar surface area (TPSA) is 39.2 Å². The van der Waals surface area contributed by atoms with Crippen LogP contribution in [0.5, 0.6) is 0 Å². The summed E-state index contributed by atoms with van der Waals surface area (Å²) in [5.74, 6) is 1.38. The van der Waals surface area contributed by atoms with Crippen molar-refractivity contribution in [3.63, 3.8) is 0 Å². The van der Waals surface area contributed by atoms with Crippen molar-refractivity contribution in [2.45, 2.75) is 71.8 Å². The zero-order valence-electron chi connectivity index (χ0n) is 21.7. The summed E-state index contributed by atoms with van der Waals surface area (Å²) in [5, 5.41) is 0. The van der Waals surface area contributed by atoms with Crippen LogP contribution in [0.1, 0.15) is 76.8 Å². The molecule has 4 aliphatic carbocycles. The first-order chi connectivity index (χ1) is 15.6. The van der Waals surface area contributed by atoms with Crippen LogP contribution in [0.3, 0.4) is 0 Å². The summed E-state index contributed by atoms with van der Waals surface area (Å²) in [7, 11) is 0. The van der Waals surface area contributed by atoms with Gasteiger partial charge in [0.25, 0.3) is 0 Å². The Morgan fingerprint density at radius 3 is 2.83 bits per heavy atom. The van der Waals surface area contributed by atoms with Crippen molar-refractivity contribution >= 4 is 11.5 Å². The molecule has 1 aromatic rings. The SMILES string of the molecule is [2H]c1nc([2H])c(C2=CC[C@H]3[C@@H]4CC=C5C[C@H](OC(C)=O)CC[C@]5(C)[C@H]4CC[C@]23C)c([2H])c1[2H]. The van der Waals surface area contributed by atoms with E-state index >= 15 is 0 Å². The molecule has 0 saturated heterocycles. The standard InChI is InChI=1S/C26H33NO2/c1-17(28)29-20-10-12-25(2)19(15-20)6-7-21-23-9-8-22(18-5-4-14-27-16-18)26(23,3)13-11-24(21)25/h4-6,8,14,16,20-21,23-24H,7,9-13,15H2,1-3H3/t20-,21+,23+,24+,25+,26-/m1/s1/i4D,5D,14D,16D. The Kier molecular flexibility index (Phi) is 3.52. The Bertz CT molecular complexity index is 1080. The number of hydrogen-bond acceptors (Lipinski definition) is 3. The number of esters is 1. The maximum Gasteiger partial charge on any atom is 0.302 e. The quantitative estimate of drug-likeness (QED) is 0.457. The number of fused-ring (bicyclic) bond motifs is 5. The summed E-state index contributed by atoms with van der Waals surface area (Å²) in [6.45, 7) is 6.19. The second-order valence-electron chi connectivity index (χ2n) is 10.0. The van der Waals surface area contributed by atoms with Gasteiger partial charge in [-0.15, -0.1) is 0 Å². The van der Waals surface area contributed by atoms with Crippen molar-refractivity contribution in [3.05, 3.63) is 47.7 Å². The van der Waals surface area contributed by atoms with Gasteiger partial charge in [0.2, 0.25) is 0 Å². The molecule has 4 aliphatic rings. The fourth-order valence-corrected chi connectivity index (χ4v) is 7.28. The van der Waals surface area contributed by atoms with E-state index in [1.165, 1.54) is 12.5 Å². The number of carbonyl (C=O) groups is 1. The highest BCUT2D eigenvalue weighted by molar-refractivity contribution is 5.72. The first kappa shape index (κ1) is 15.0. The average Bonchev–Trinajstić information content (AvgIpc) is 3.09. The van der Waals surface area contributed by atoms with E-state index in [0.717, 1.165) is 50.5 Å². The van der Waals surface area contributed by atoms with Gasteiger partial charge in [0.15, 0.2) is 0 Å². The summed E-state index contributed by atoms with van der Waals surface area (Å²) in [6, 6.07) is -0.221. The van der Waals surface area contributed by atoms with E-state index in [9.17, 15) is 4.79 Å². The van der Waals surface area contributed by atoms with Crippen molar-refractivity contribution < 1.29 is 15.0 Å². The van der Waals surface area contributed by atoms with Gasteiger partial charge in [0.1, 0.15) is 6.10 Å². The van der Waals surface area contributed by atoms with Gasteiger partial charge in [-0.1, -0.05) is 37.6 Å². The van der Waals surface area contributed by atoms with Gasteiger partial charge in [0.05, 0.1) is 5.48 Å². The Morgan fingerprint density at radius 1 is 1.17 bits per heavy atom. The Balaban J connectivity index is 1.45. The highest BCUT2D eigenvalue weighted by atomic mass is 16.5. The van der Waals surface area contributed by atoms with Gasteiger partial charge in [-0.3, -0.25) is 9.78 Å². The zero-order chi connectivity index (χ0) is 23.7. The largest absolute Gasteiger partial charge is 0.462 e. The van der Waals surface area contributed by atoms with Crippen LogP contribution in [0, 0.1) is 28.6 Å². The third kappa shape index (κ3) is 2.92. The molecule has 0 N–H and O–H groups in total. The number of rotatable bonds is 2. The lowest BCUT2D eigenvalue weighted by Crippen LogP contribution is -2.50. The Morgan fingerprint density at radius 2 is 2.00 bits per heavy atom. The molecule has 0 unspecified atom stereocenters. The molecule has 5 rings (SSSR count). The molecule has 0 spiro atoms. The minimum absolute atomic E-state index is 0.00417. The molecule has 3 heteroatoms. The lowest BCUT2D eigenvalue weighted by atomic mass is 9.47. The van der Waals surface area contributed by atoms with Crippen molar-refractivity contribution in [1.82, 2.24) is 4.98 Å². The van der Waals surface area contributed by atoms with Crippen molar-refractivity contribution in [3.8, 4) is 0 Å². The monoisotopic (exact) mass is 395 g/mol. The summed E-state index contributed by atoms with van der Waals surface area (Å²) < 4.78 is 38.3. The number of pyridine rings is 1. The van der Waals surface area contributed by atoms with Gasteiger partial charge < -0.3 is 4.74 Å². The molecule has 2 saturated carbocycles. The maximum atomic E-state index is 11.5. The molecule has 154 valence electrons. The predicted molar refractivity (Wildman–Crippen MR) is 115 cm³/mol. The zero-order valence-corrected chi connectivity index (χ0v) is 17.7. The fraction of sp³-hybridized carbons (Fsp3) is 0.615. The Labute approximate surface area is 180 Å². The van der Waals surface area contributed by atoms with Crippen LogP contribution in [0.25, 0.3) is 5.57 Å². The molecule has 1 heterocycles. The predicted octanol–water partition coefficient (Wildman–Crippen LogP) is 5.97. The molecule has 3 nitrogen and oxygen atoms in total. The van der Waals surface area contributed by atoms with Gasteiger partial charge >= 0.3 is 5.97 Å². The van der Waals surface area contributed by atoms with E-state index < -0.39 is 0 Å². The number of nitrogens with zero attached hydrogens (tertiary/aromatic N) is 1.